The van der Waals surface area contributed by atoms with Crippen LogP contribution in [0.2, 0.25) is 5.02 Å². The maximum Gasteiger partial charge on any atom is 0.273 e. The Bertz CT molecular complexity index is 1180. The summed E-state index contributed by atoms with van der Waals surface area (Å²) in [6.45, 7) is 2.10. The average Bonchev–Trinajstić information content (AvgIpc) is 3.33. The van der Waals surface area contributed by atoms with Gasteiger partial charge in [0.2, 0.25) is 0 Å². The molecule has 0 saturated carbocycles. The zero-order chi connectivity index (χ0) is 23.0. The molecule has 32 heavy (non-hydrogen) atoms. The molecule has 168 valence electrons. The molecule has 0 spiro atoms. The lowest BCUT2D eigenvalue weighted by Crippen LogP contribution is -2.31. The maximum absolute atomic E-state index is 13.2. The smallest absolute Gasteiger partial charge is 0.273 e. The lowest BCUT2D eigenvalue weighted by Gasteiger charge is -2.26. The van der Waals surface area contributed by atoms with E-state index in [0.29, 0.717) is 52.0 Å². The number of ether oxygens (including phenoxy) is 2. The molecule has 0 radical (unpaired) electrons. The third-order valence-electron chi connectivity index (χ3n) is 5.68. The number of aromatic amines is 1. The molecule has 8 nitrogen and oxygen atoms in total. The van der Waals surface area contributed by atoms with Gasteiger partial charge in [-0.05, 0) is 48.7 Å². The zero-order valence-corrected chi connectivity index (χ0v) is 18.7. The molecule has 3 aromatic rings. The van der Waals surface area contributed by atoms with Crippen LogP contribution in [0.5, 0.6) is 17.2 Å². The first-order valence-corrected chi connectivity index (χ1v) is 10.5. The number of hydrogen-bond acceptors (Lipinski definition) is 6. The van der Waals surface area contributed by atoms with Gasteiger partial charge in [0.25, 0.3) is 5.91 Å². The number of carbonyl (C=O) groups is 1. The number of phenolic OH excluding ortho intramolecular Hbond substituents is 1. The molecule has 1 atom stereocenters. The highest BCUT2D eigenvalue weighted by Crippen LogP contribution is 2.46. The van der Waals surface area contributed by atoms with Crippen LogP contribution >= 0.6 is 11.6 Å². The SMILES string of the molecule is COc1ccc([C@H]2c3c(-c4cc(Cl)c(C)cc4O)n[nH]c3C(=O)N2CCCO)cc1OC. The van der Waals surface area contributed by atoms with E-state index in [1.807, 2.05) is 12.1 Å². The minimum Gasteiger partial charge on any atom is -0.507 e. The van der Waals surface area contributed by atoms with Crippen LogP contribution in [-0.4, -0.2) is 58.6 Å². The zero-order valence-electron chi connectivity index (χ0n) is 18.0. The lowest BCUT2D eigenvalue weighted by molar-refractivity contribution is 0.0732. The predicted molar refractivity (Wildman–Crippen MR) is 120 cm³/mol. The summed E-state index contributed by atoms with van der Waals surface area (Å²) in [4.78, 5) is 14.9. The number of benzene rings is 2. The van der Waals surface area contributed by atoms with E-state index < -0.39 is 6.04 Å². The van der Waals surface area contributed by atoms with Gasteiger partial charge in [-0.3, -0.25) is 9.89 Å². The van der Waals surface area contributed by atoms with Gasteiger partial charge in [-0.15, -0.1) is 0 Å². The Hall–Kier alpha value is -3.23. The minimum atomic E-state index is -0.503. The van der Waals surface area contributed by atoms with Gasteiger partial charge in [0.1, 0.15) is 17.1 Å². The quantitative estimate of drug-likeness (QED) is 0.499. The Labute approximate surface area is 190 Å². The Kier molecular flexibility index (Phi) is 5.99. The van der Waals surface area contributed by atoms with Crippen LogP contribution in [0, 0.1) is 6.92 Å². The molecule has 0 saturated heterocycles. The summed E-state index contributed by atoms with van der Waals surface area (Å²) in [5.74, 6) is 0.885. The average molecular weight is 458 g/mol. The molecule has 0 aliphatic carbocycles. The number of aliphatic hydroxyl groups is 1. The van der Waals surface area contributed by atoms with Gasteiger partial charge in [-0.2, -0.15) is 5.10 Å². The van der Waals surface area contributed by atoms with Crippen molar-refractivity contribution in [2.75, 3.05) is 27.4 Å². The number of aromatic nitrogens is 2. The largest absolute Gasteiger partial charge is 0.507 e. The van der Waals surface area contributed by atoms with E-state index in [1.165, 1.54) is 0 Å². The van der Waals surface area contributed by atoms with Crippen molar-refractivity contribution in [3.63, 3.8) is 0 Å². The number of aliphatic hydroxyl groups excluding tert-OH is 1. The van der Waals surface area contributed by atoms with Gasteiger partial charge in [0.15, 0.2) is 11.5 Å². The van der Waals surface area contributed by atoms with Crippen molar-refractivity contribution in [1.82, 2.24) is 15.1 Å². The van der Waals surface area contributed by atoms with E-state index in [1.54, 1.807) is 44.2 Å². The summed E-state index contributed by atoms with van der Waals surface area (Å²) in [7, 11) is 3.10. The molecule has 2 aromatic carbocycles. The Morgan fingerprint density at radius 2 is 1.94 bits per heavy atom. The summed E-state index contributed by atoms with van der Waals surface area (Å²) in [5.41, 5.74) is 3.37. The topological polar surface area (TPSA) is 108 Å². The van der Waals surface area contributed by atoms with Gasteiger partial charge >= 0.3 is 0 Å². The number of carbonyl (C=O) groups excluding carboxylic acids is 1. The van der Waals surface area contributed by atoms with Crippen molar-refractivity contribution in [3.8, 4) is 28.5 Å². The highest BCUT2D eigenvalue weighted by Gasteiger charge is 2.42. The number of H-pyrrole nitrogens is 1. The fourth-order valence-corrected chi connectivity index (χ4v) is 4.26. The first kappa shape index (κ1) is 22.0. The van der Waals surface area contributed by atoms with E-state index in [0.717, 1.165) is 11.1 Å². The number of halogens is 1. The number of aryl methyl sites for hydroxylation is 1. The number of aromatic hydroxyl groups is 1. The Balaban J connectivity index is 1.91. The second kappa shape index (κ2) is 8.72. The number of nitrogens with one attached hydrogen (secondary N) is 1. The van der Waals surface area contributed by atoms with Gasteiger partial charge in [0, 0.05) is 29.3 Å². The number of nitrogens with zero attached hydrogens (tertiary/aromatic N) is 2. The van der Waals surface area contributed by atoms with Gasteiger partial charge in [-0.1, -0.05) is 17.7 Å². The van der Waals surface area contributed by atoms with Crippen LogP contribution in [0.25, 0.3) is 11.3 Å². The monoisotopic (exact) mass is 457 g/mol. The number of methoxy groups -OCH3 is 2. The van der Waals surface area contributed by atoms with Crippen molar-refractivity contribution in [2.45, 2.75) is 19.4 Å². The first-order valence-electron chi connectivity index (χ1n) is 10.1. The van der Waals surface area contributed by atoms with E-state index >= 15 is 0 Å². The molecule has 0 bridgehead atoms. The number of hydrogen-bond donors (Lipinski definition) is 3. The molecule has 0 unspecified atom stereocenters. The second-order valence-electron chi connectivity index (χ2n) is 7.57. The number of rotatable bonds is 7. The first-order chi connectivity index (χ1) is 15.4. The standard InChI is InChI=1S/C23H24ClN3O5/c1-12-9-16(29)14(11-15(12)24)20-19-21(26-25-20)23(30)27(7-4-8-28)22(19)13-5-6-17(31-2)18(10-13)32-3/h5-6,9-11,22,28-29H,4,7-8H2,1-3H3,(H,25,26)/t22-/m0/s1. The molecule has 2 heterocycles. The van der Waals surface area contributed by atoms with Gasteiger partial charge in [0.05, 0.1) is 20.3 Å². The van der Waals surface area contributed by atoms with Crippen LogP contribution < -0.4 is 9.47 Å². The molecule has 1 amide bonds. The maximum atomic E-state index is 13.2. The number of fused-ring (bicyclic) bond motifs is 1. The Morgan fingerprint density at radius 3 is 2.62 bits per heavy atom. The van der Waals surface area contributed by atoms with Crippen LogP contribution in [0.15, 0.2) is 30.3 Å². The third kappa shape index (κ3) is 3.55. The molecule has 3 N–H and O–H groups in total. The van der Waals surface area contributed by atoms with Crippen LogP contribution in [0.1, 0.15) is 39.6 Å². The predicted octanol–water partition coefficient (Wildman–Crippen LogP) is 3.69. The van der Waals surface area contributed by atoms with E-state index in [4.69, 9.17) is 21.1 Å². The van der Waals surface area contributed by atoms with Crippen LogP contribution in [0.3, 0.4) is 0 Å². The Morgan fingerprint density at radius 1 is 1.19 bits per heavy atom. The van der Waals surface area contributed by atoms with Crippen LogP contribution in [0.4, 0.5) is 0 Å². The molecule has 9 heteroatoms. The highest BCUT2D eigenvalue weighted by molar-refractivity contribution is 6.31. The second-order valence-corrected chi connectivity index (χ2v) is 7.98. The fourth-order valence-electron chi connectivity index (χ4n) is 4.10. The molecule has 1 aliphatic rings. The normalized spacial score (nSPS) is 15.2. The molecule has 1 aromatic heterocycles. The summed E-state index contributed by atoms with van der Waals surface area (Å²) in [6, 6.07) is 8.17. The van der Waals surface area contributed by atoms with Gasteiger partial charge in [-0.25, -0.2) is 0 Å². The van der Waals surface area contributed by atoms with Crippen molar-refractivity contribution >= 4 is 17.5 Å². The van der Waals surface area contributed by atoms with E-state index in [9.17, 15) is 15.0 Å². The van der Waals surface area contributed by atoms with Crippen molar-refractivity contribution < 1.29 is 24.5 Å². The van der Waals surface area contributed by atoms with Crippen molar-refractivity contribution in [1.29, 1.82) is 0 Å². The fraction of sp³-hybridized carbons (Fsp3) is 0.304. The van der Waals surface area contributed by atoms with Gasteiger partial charge < -0.3 is 24.6 Å². The van der Waals surface area contributed by atoms with Crippen LogP contribution in [-0.2, 0) is 0 Å². The van der Waals surface area contributed by atoms with Crippen molar-refractivity contribution in [3.05, 3.63) is 57.7 Å². The lowest BCUT2D eigenvalue weighted by atomic mass is 9.95. The molecular formula is C23H24ClN3O5. The highest BCUT2D eigenvalue weighted by atomic mass is 35.5. The number of amides is 1. The minimum absolute atomic E-state index is 0.0218. The van der Waals surface area contributed by atoms with E-state index in [2.05, 4.69) is 10.2 Å². The number of phenols is 1. The molecular weight excluding hydrogens is 434 g/mol. The summed E-state index contributed by atoms with van der Waals surface area (Å²) >= 11 is 6.32. The summed E-state index contributed by atoms with van der Waals surface area (Å²) in [6.07, 6.45) is 0.421. The molecule has 0 fully saturated rings. The molecule has 1 aliphatic heterocycles. The molecule has 4 rings (SSSR count). The third-order valence-corrected chi connectivity index (χ3v) is 6.08. The van der Waals surface area contributed by atoms with Crippen molar-refractivity contribution in [2.24, 2.45) is 0 Å². The van der Waals surface area contributed by atoms with E-state index in [-0.39, 0.29) is 18.3 Å². The summed E-state index contributed by atoms with van der Waals surface area (Å²) < 4.78 is 10.8. The summed E-state index contributed by atoms with van der Waals surface area (Å²) in [5, 5.41) is 27.7.